The summed E-state index contributed by atoms with van der Waals surface area (Å²) in [6.45, 7) is 7.21. The highest BCUT2D eigenvalue weighted by Crippen LogP contribution is 2.31. The molecule has 0 aromatic heterocycles. The maximum absolute atomic E-state index is 11.7. The summed E-state index contributed by atoms with van der Waals surface area (Å²) in [6, 6.07) is 0.517. The van der Waals surface area contributed by atoms with Gasteiger partial charge in [-0.2, -0.15) is 0 Å². The van der Waals surface area contributed by atoms with E-state index in [1.807, 2.05) is 0 Å². The molecule has 17 heavy (non-hydrogen) atoms. The standard InChI is InChI=1S/C12H23N3O2/c1-9-11-6-13-5-10(11)7-15(9)8-12(16)14-3-4-17-2/h9-11,13H,3-8H2,1-2H3,(H,14,16). The number of hydrogen-bond acceptors (Lipinski definition) is 4. The van der Waals surface area contributed by atoms with Gasteiger partial charge in [0.05, 0.1) is 13.2 Å². The molecule has 1 amide bonds. The van der Waals surface area contributed by atoms with Gasteiger partial charge in [0.2, 0.25) is 5.91 Å². The molecule has 0 aliphatic carbocycles. The predicted octanol–water partition coefficient (Wildman–Crippen LogP) is -0.711. The Balaban J connectivity index is 1.74. The Morgan fingerprint density at radius 3 is 3.06 bits per heavy atom. The topological polar surface area (TPSA) is 53.6 Å². The van der Waals surface area contributed by atoms with Crippen LogP contribution in [-0.2, 0) is 9.53 Å². The minimum Gasteiger partial charge on any atom is -0.383 e. The molecule has 0 aromatic rings. The number of rotatable bonds is 5. The van der Waals surface area contributed by atoms with Gasteiger partial charge in [0.1, 0.15) is 0 Å². The van der Waals surface area contributed by atoms with Gasteiger partial charge >= 0.3 is 0 Å². The molecule has 98 valence electrons. The molecule has 2 N–H and O–H groups in total. The Morgan fingerprint density at radius 2 is 2.35 bits per heavy atom. The van der Waals surface area contributed by atoms with E-state index in [0.717, 1.165) is 31.5 Å². The molecule has 2 aliphatic heterocycles. The summed E-state index contributed by atoms with van der Waals surface area (Å²) in [4.78, 5) is 14.0. The zero-order chi connectivity index (χ0) is 12.3. The summed E-state index contributed by atoms with van der Waals surface area (Å²) < 4.78 is 4.91. The van der Waals surface area contributed by atoms with E-state index in [1.165, 1.54) is 0 Å². The first-order valence-electron chi connectivity index (χ1n) is 6.42. The van der Waals surface area contributed by atoms with Crippen LogP contribution in [0.15, 0.2) is 0 Å². The van der Waals surface area contributed by atoms with Crippen LogP contribution in [0.3, 0.4) is 0 Å². The maximum atomic E-state index is 11.7. The Morgan fingerprint density at radius 1 is 1.53 bits per heavy atom. The molecule has 2 fully saturated rings. The molecule has 3 unspecified atom stereocenters. The third kappa shape index (κ3) is 2.97. The normalized spacial score (nSPS) is 32.7. The monoisotopic (exact) mass is 241 g/mol. The summed E-state index contributed by atoms with van der Waals surface area (Å²) in [5.74, 6) is 1.57. The van der Waals surface area contributed by atoms with Gasteiger partial charge in [0, 0.05) is 26.2 Å². The van der Waals surface area contributed by atoms with E-state index in [-0.39, 0.29) is 5.91 Å². The molecule has 5 nitrogen and oxygen atoms in total. The first kappa shape index (κ1) is 12.8. The number of nitrogens with one attached hydrogen (secondary N) is 2. The van der Waals surface area contributed by atoms with Crippen molar-refractivity contribution in [3.63, 3.8) is 0 Å². The van der Waals surface area contributed by atoms with E-state index >= 15 is 0 Å². The average Bonchev–Trinajstić information content (AvgIpc) is 2.84. The van der Waals surface area contributed by atoms with Crippen LogP contribution < -0.4 is 10.6 Å². The van der Waals surface area contributed by atoms with Crippen LogP contribution >= 0.6 is 0 Å². The van der Waals surface area contributed by atoms with Crippen LogP contribution in [0.4, 0.5) is 0 Å². The number of carbonyl (C=O) groups is 1. The number of likely N-dealkylation sites (tertiary alicyclic amines) is 1. The lowest BCUT2D eigenvalue weighted by Gasteiger charge is -2.23. The quantitative estimate of drug-likeness (QED) is 0.624. The Hall–Kier alpha value is -0.650. The third-order valence-electron chi connectivity index (χ3n) is 4.03. The number of carbonyl (C=O) groups excluding carboxylic acids is 1. The van der Waals surface area contributed by atoms with E-state index in [0.29, 0.717) is 25.7 Å². The lowest BCUT2D eigenvalue weighted by atomic mass is 9.95. The molecule has 2 aliphatic rings. The van der Waals surface area contributed by atoms with Crippen molar-refractivity contribution in [2.75, 3.05) is 46.4 Å². The van der Waals surface area contributed by atoms with Crippen molar-refractivity contribution in [3.8, 4) is 0 Å². The highest BCUT2D eigenvalue weighted by molar-refractivity contribution is 5.78. The van der Waals surface area contributed by atoms with Gasteiger partial charge in [-0.25, -0.2) is 0 Å². The van der Waals surface area contributed by atoms with Crippen LogP contribution in [-0.4, -0.2) is 63.3 Å². The Labute approximate surface area is 103 Å². The number of methoxy groups -OCH3 is 1. The highest BCUT2D eigenvalue weighted by Gasteiger charge is 2.41. The van der Waals surface area contributed by atoms with Crippen LogP contribution in [0.25, 0.3) is 0 Å². The summed E-state index contributed by atoms with van der Waals surface area (Å²) in [6.07, 6.45) is 0. The smallest absolute Gasteiger partial charge is 0.234 e. The predicted molar refractivity (Wildman–Crippen MR) is 65.8 cm³/mol. The van der Waals surface area contributed by atoms with Crippen LogP contribution in [0, 0.1) is 11.8 Å². The van der Waals surface area contributed by atoms with E-state index in [9.17, 15) is 4.79 Å². The van der Waals surface area contributed by atoms with Crippen molar-refractivity contribution in [1.82, 2.24) is 15.5 Å². The van der Waals surface area contributed by atoms with Gasteiger partial charge in [0.15, 0.2) is 0 Å². The number of amides is 1. The molecule has 5 heteroatoms. The second-order valence-corrected chi connectivity index (χ2v) is 5.09. The largest absolute Gasteiger partial charge is 0.383 e. The summed E-state index contributed by atoms with van der Waals surface area (Å²) in [7, 11) is 1.64. The van der Waals surface area contributed by atoms with Crippen LogP contribution in [0.1, 0.15) is 6.92 Å². The first-order valence-corrected chi connectivity index (χ1v) is 6.42. The second-order valence-electron chi connectivity index (χ2n) is 5.09. The molecule has 3 atom stereocenters. The molecule has 2 heterocycles. The highest BCUT2D eigenvalue weighted by atomic mass is 16.5. The third-order valence-corrected chi connectivity index (χ3v) is 4.03. The van der Waals surface area contributed by atoms with Gasteiger partial charge in [-0.15, -0.1) is 0 Å². The molecule has 2 rings (SSSR count). The summed E-state index contributed by atoms with van der Waals surface area (Å²) >= 11 is 0. The lowest BCUT2D eigenvalue weighted by Crippen LogP contribution is -2.42. The molecule has 2 saturated heterocycles. The zero-order valence-corrected chi connectivity index (χ0v) is 10.7. The first-order chi connectivity index (χ1) is 8.22. The van der Waals surface area contributed by atoms with Gasteiger partial charge < -0.3 is 15.4 Å². The lowest BCUT2D eigenvalue weighted by molar-refractivity contribution is -0.122. The van der Waals surface area contributed by atoms with Crippen molar-refractivity contribution < 1.29 is 9.53 Å². The van der Waals surface area contributed by atoms with Crippen molar-refractivity contribution in [2.24, 2.45) is 11.8 Å². The molecule has 0 radical (unpaired) electrons. The minimum absolute atomic E-state index is 0.113. The van der Waals surface area contributed by atoms with E-state index in [2.05, 4.69) is 22.5 Å². The average molecular weight is 241 g/mol. The fourth-order valence-electron chi connectivity index (χ4n) is 3.00. The number of hydrogen-bond donors (Lipinski definition) is 2. The number of fused-ring (bicyclic) bond motifs is 1. The summed E-state index contributed by atoms with van der Waals surface area (Å²) in [5, 5.41) is 6.30. The number of ether oxygens (including phenoxy) is 1. The SMILES string of the molecule is COCCNC(=O)CN1CC2CNCC2C1C. The van der Waals surface area contributed by atoms with E-state index in [4.69, 9.17) is 4.74 Å². The number of nitrogens with zero attached hydrogens (tertiary/aromatic N) is 1. The molecule has 0 spiro atoms. The summed E-state index contributed by atoms with van der Waals surface area (Å²) in [5.41, 5.74) is 0. The maximum Gasteiger partial charge on any atom is 0.234 e. The van der Waals surface area contributed by atoms with Gasteiger partial charge in [-0.05, 0) is 31.8 Å². The van der Waals surface area contributed by atoms with Gasteiger partial charge in [-0.3, -0.25) is 9.69 Å². The van der Waals surface area contributed by atoms with Crippen molar-refractivity contribution in [2.45, 2.75) is 13.0 Å². The molecule has 0 aromatic carbocycles. The minimum atomic E-state index is 0.113. The van der Waals surface area contributed by atoms with Gasteiger partial charge in [0.25, 0.3) is 0 Å². The zero-order valence-electron chi connectivity index (χ0n) is 10.7. The Bertz CT molecular complexity index is 272. The van der Waals surface area contributed by atoms with Crippen LogP contribution in [0.5, 0.6) is 0 Å². The van der Waals surface area contributed by atoms with Gasteiger partial charge in [-0.1, -0.05) is 0 Å². The fourth-order valence-corrected chi connectivity index (χ4v) is 3.00. The van der Waals surface area contributed by atoms with Crippen molar-refractivity contribution in [1.29, 1.82) is 0 Å². The fraction of sp³-hybridized carbons (Fsp3) is 0.917. The van der Waals surface area contributed by atoms with Crippen molar-refractivity contribution >= 4 is 5.91 Å². The van der Waals surface area contributed by atoms with E-state index < -0.39 is 0 Å². The van der Waals surface area contributed by atoms with Crippen molar-refractivity contribution in [3.05, 3.63) is 0 Å². The Kier molecular flexibility index (Phi) is 4.36. The van der Waals surface area contributed by atoms with E-state index in [1.54, 1.807) is 7.11 Å². The molecular formula is C12H23N3O2. The van der Waals surface area contributed by atoms with Crippen LogP contribution in [0.2, 0.25) is 0 Å². The molecule has 0 bridgehead atoms. The molecular weight excluding hydrogens is 218 g/mol. The molecule has 0 saturated carbocycles. The second kappa shape index (κ2) is 5.80.